The minimum Gasteiger partial charge on any atom is -0.478 e. The van der Waals surface area contributed by atoms with Crippen LogP contribution in [0.2, 0.25) is 0 Å². The van der Waals surface area contributed by atoms with Crippen molar-refractivity contribution in [1.82, 2.24) is 10.0 Å². The van der Waals surface area contributed by atoms with Crippen LogP contribution in [0.5, 0.6) is 0 Å². The molecule has 11 heteroatoms. The molecular weight excluding hydrogens is 364 g/mol. The molecule has 0 atom stereocenters. The lowest BCUT2D eigenvalue weighted by Gasteiger charge is -2.12. The molecular formula is C15H20N4O6S. The molecule has 0 saturated heterocycles. The predicted octanol–water partition coefficient (Wildman–Crippen LogP) is -0.280. The minimum absolute atomic E-state index is 0.242. The molecule has 1 aliphatic rings. The summed E-state index contributed by atoms with van der Waals surface area (Å²) in [7, 11) is -2.05. The number of hydrogen-bond donors (Lipinski definition) is 5. The second kappa shape index (κ2) is 10.2. The molecule has 0 aliphatic carbocycles. The molecule has 1 aromatic rings. The van der Waals surface area contributed by atoms with Gasteiger partial charge in [0.1, 0.15) is 10.7 Å². The molecule has 1 aromatic carbocycles. The summed E-state index contributed by atoms with van der Waals surface area (Å²) < 4.78 is 26.0. The van der Waals surface area contributed by atoms with Crippen LogP contribution >= 0.6 is 0 Å². The van der Waals surface area contributed by atoms with Crippen LogP contribution in [0.3, 0.4) is 0 Å². The van der Waals surface area contributed by atoms with E-state index in [0.29, 0.717) is 24.4 Å². The lowest BCUT2D eigenvalue weighted by atomic mass is 10.3. The van der Waals surface area contributed by atoms with Crippen LogP contribution in [0.15, 0.2) is 46.3 Å². The Kier molecular flexibility index (Phi) is 8.25. The summed E-state index contributed by atoms with van der Waals surface area (Å²) in [4.78, 5) is 23.6. The van der Waals surface area contributed by atoms with Crippen molar-refractivity contribution in [2.45, 2.75) is 4.90 Å². The fraction of sp³-hybridized carbons (Fsp3) is 0.267. The van der Waals surface area contributed by atoms with Gasteiger partial charge < -0.3 is 20.8 Å². The Morgan fingerprint density at radius 3 is 2.35 bits per heavy atom. The molecule has 0 bridgehead atoms. The van der Waals surface area contributed by atoms with E-state index in [1.165, 1.54) is 7.05 Å². The monoisotopic (exact) mass is 384 g/mol. The fourth-order valence-corrected chi connectivity index (χ4v) is 2.75. The van der Waals surface area contributed by atoms with Crippen LogP contribution in [-0.2, 0) is 19.6 Å². The molecule has 10 nitrogen and oxygen atoms in total. The summed E-state index contributed by atoms with van der Waals surface area (Å²) in [6, 6.07) is 6.79. The first-order chi connectivity index (χ1) is 12.3. The Labute approximate surface area is 150 Å². The second-order valence-electron chi connectivity index (χ2n) is 4.82. The lowest BCUT2D eigenvalue weighted by Crippen LogP contribution is -2.27. The Morgan fingerprint density at radius 2 is 1.85 bits per heavy atom. The Morgan fingerprint density at radius 1 is 1.23 bits per heavy atom. The number of hydrogen-bond acceptors (Lipinski definition) is 7. The zero-order chi connectivity index (χ0) is 19.6. The highest BCUT2D eigenvalue weighted by atomic mass is 32.2. The molecule has 1 aliphatic heterocycles. The van der Waals surface area contributed by atoms with Crippen LogP contribution in [-0.4, -0.2) is 63.1 Å². The van der Waals surface area contributed by atoms with Crippen LogP contribution in [0.1, 0.15) is 0 Å². The normalized spacial score (nSPS) is 13.3. The van der Waals surface area contributed by atoms with E-state index in [1.807, 2.05) is 0 Å². The van der Waals surface area contributed by atoms with Gasteiger partial charge in [0.2, 0.25) is 10.0 Å². The van der Waals surface area contributed by atoms with Gasteiger partial charge in [-0.25, -0.2) is 22.7 Å². The molecule has 0 spiro atoms. The standard InChI is InChI=1S/C11H16N4O2S.C4H4O4/c1-12-18(16,17)10-5-3-2-4-9(10)15-8-11-13-6-7-14-11;5-3(6)1-2-4(7)8/h2-5,12,15H,6-8H2,1H3,(H,13,14);1-2H,(H,5,6)(H,7,8)/b;2-1+. The van der Waals surface area contributed by atoms with Gasteiger partial charge in [0.15, 0.2) is 0 Å². The molecule has 5 N–H and O–H groups in total. The molecule has 142 valence electrons. The number of aliphatic imine (C=N–C) groups is 1. The fourth-order valence-electron chi connectivity index (χ4n) is 1.84. The third-order valence-electron chi connectivity index (χ3n) is 3.00. The number of aliphatic carboxylic acids is 2. The van der Waals surface area contributed by atoms with E-state index in [4.69, 9.17) is 10.2 Å². The van der Waals surface area contributed by atoms with E-state index in [2.05, 4.69) is 20.3 Å². The van der Waals surface area contributed by atoms with Gasteiger partial charge in [-0.3, -0.25) is 4.99 Å². The zero-order valence-corrected chi connectivity index (χ0v) is 14.8. The number of amidine groups is 1. The average molecular weight is 384 g/mol. The van der Waals surface area contributed by atoms with E-state index in [1.54, 1.807) is 24.3 Å². The number of anilines is 1. The summed E-state index contributed by atoms with van der Waals surface area (Å²) in [5, 5.41) is 21.8. The maximum Gasteiger partial charge on any atom is 0.328 e. The topological polar surface area (TPSA) is 157 Å². The average Bonchev–Trinajstić information content (AvgIpc) is 3.12. The van der Waals surface area contributed by atoms with Crippen molar-refractivity contribution in [2.75, 3.05) is 32.0 Å². The van der Waals surface area contributed by atoms with E-state index in [-0.39, 0.29) is 4.90 Å². The summed E-state index contributed by atoms with van der Waals surface area (Å²) >= 11 is 0. The first-order valence-corrected chi connectivity index (χ1v) is 8.92. The molecule has 0 unspecified atom stereocenters. The molecule has 1 heterocycles. The largest absolute Gasteiger partial charge is 0.478 e. The van der Waals surface area contributed by atoms with Crippen LogP contribution in [0.25, 0.3) is 0 Å². The van der Waals surface area contributed by atoms with Gasteiger partial charge >= 0.3 is 11.9 Å². The smallest absolute Gasteiger partial charge is 0.328 e. The zero-order valence-electron chi connectivity index (χ0n) is 14.0. The van der Waals surface area contributed by atoms with Crippen molar-refractivity contribution in [1.29, 1.82) is 0 Å². The maximum atomic E-state index is 11.8. The quantitative estimate of drug-likeness (QED) is 0.402. The van der Waals surface area contributed by atoms with Gasteiger partial charge in [-0.15, -0.1) is 0 Å². The van der Waals surface area contributed by atoms with Crippen molar-refractivity contribution in [2.24, 2.45) is 4.99 Å². The molecule has 0 radical (unpaired) electrons. The highest BCUT2D eigenvalue weighted by Crippen LogP contribution is 2.19. The molecule has 0 amide bonds. The van der Waals surface area contributed by atoms with E-state index in [0.717, 1.165) is 18.9 Å². The van der Waals surface area contributed by atoms with Gasteiger partial charge in [0.25, 0.3) is 0 Å². The van der Waals surface area contributed by atoms with Gasteiger partial charge in [-0.2, -0.15) is 0 Å². The second-order valence-corrected chi connectivity index (χ2v) is 6.68. The van der Waals surface area contributed by atoms with Crippen molar-refractivity contribution < 1.29 is 28.2 Å². The van der Waals surface area contributed by atoms with E-state index in [9.17, 15) is 18.0 Å². The number of nitrogens with one attached hydrogen (secondary N) is 3. The maximum absolute atomic E-state index is 11.8. The highest BCUT2D eigenvalue weighted by molar-refractivity contribution is 7.89. The molecule has 26 heavy (non-hydrogen) atoms. The Hall–Kier alpha value is -2.92. The minimum atomic E-state index is -3.45. The van der Waals surface area contributed by atoms with Crippen LogP contribution in [0.4, 0.5) is 5.69 Å². The third-order valence-corrected chi connectivity index (χ3v) is 4.48. The SMILES string of the molecule is CNS(=O)(=O)c1ccccc1NCC1=NCCN1.O=C(O)/C=C/C(=O)O. The van der Waals surface area contributed by atoms with Crippen molar-refractivity contribution in [3.05, 3.63) is 36.4 Å². The summed E-state index contributed by atoms with van der Waals surface area (Å²) in [5.74, 6) is -1.66. The number of sulfonamides is 1. The lowest BCUT2D eigenvalue weighted by molar-refractivity contribution is -0.134. The van der Waals surface area contributed by atoms with Crippen molar-refractivity contribution in [3.8, 4) is 0 Å². The van der Waals surface area contributed by atoms with E-state index >= 15 is 0 Å². The Bertz CT molecular complexity index is 788. The summed E-state index contributed by atoms with van der Waals surface area (Å²) in [5.41, 5.74) is 0.572. The summed E-state index contributed by atoms with van der Waals surface area (Å²) in [6.45, 7) is 2.11. The third kappa shape index (κ3) is 7.32. The number of benzene rings is 1. The number of para-hydroxylation sites is 1. The number of rotatable bonds is 7. The first kappa shape index (κ1) is 21.1. The predicted molar refractivity (Wildman–Crippen MR) is 95.9 cm³/mol. The van der Waals surface area contributed by atoms with Gasteiger partial charge in [0.05, 0.1) is 18.8 Å². The number of nitrogens with zero attached hydrogens (tertiary/aromatic N) is 1. The first-order valence-electron chi connectivity index (χ1n) is 7.44. The number of carbonyl (C=O) groups is 2. The number of carboxylic acid groups (broad SMARTS) is 2. The highest BCUT2D eigenvalue weighted by Gasteiger charge is 2.16. The van der Waals surface area contributed by atoms with Crippen molar-refractivity contribution >= 4 is 33.5 Å². The van der Waals surface area contributed by atoms with Crippen LogP contribution in [0, 0.1) is 0 Å². The molecule has 0 saturated carbocycles. The van der Waals surface area contributed by atoms with Gasteiger partial charge in [-0.1, -0.05) is 12.1 Å². The molecule has 2 rings (SSSR count). The van der Waals surface area contributed by atoms with Gasteiger partial charge in [-0.05, 0) is 19.2 Å². The van der Waals surface area contributed by atoms with Crippen molar-refractivity contribution in [3.63, 3.8) is 0 Å². The van der Waals surface area contributed by atoms with Crippen LogP contribution < -0.4 is 15.4 Å². The number of carboxylic acids is 2. The van der Waals surface area contributed by atoms with E-state index < -0.39 is 22.0 Å². The summed E-state index contributed by atoms with van der Waals surface area (Å²) in [6.07, 6.45) is 1.12. The van der Waals surface area contributed by atoms with Gasteiger partial charge in [0, 0.05) is 18.7 Å². The molecule has 0 aromatic heterocycles. The molecule has 0 fully saturated rings. The Balaban J connectivity index is 0.000000359.